The second-order valence-corrected chi connectivity index (χ2v) is 4.88. The van der Waals surface area contributed by atoms with Gasteiger partial charge in [0.05, 0.1) is 12.8 Å². The lowest BCUT2D eigenvalue weighted by Crippen LogP contribution is -2.18. The van der Waals surface area contributed by atoms with Crippen molar-refractivity contribution < 1.29 is 19.1 Å². The minimum Gasteiger partial charge on any atom is -0.497 e. The van der Waals surface area contributed by atoms with Crippen molar-refractivity contribution in [3.63, 3.8) is 0 Å². The molecule has 0 atom stereocenters. The molecule has 104 valence electrons. The van der Waals surface area contributed by atoms with Gasteiger partial charge in [0.1, 0.15) is 10.6 Å². The average molecular weight is 292 g/mol. The van der Waals surface area contributed by atoms with Crippen LogP contribution in [0.15, 0.2) is 30.3 Å². The van der Waals surface area contributed by atoms with Crippen molar-refractivity contribution in [3.8, 4) is 16.2 Å². The lowest BCUT2D eigenvalue weighted by atomic mass is 10.2. The molecular formula is C13H12N2O4S. The molecule has 2 rings (SSSR count). The highest BCUT2D eigenvalue weighted by Crippen LogP contribution is 2.34. The van der Waals surface area contributed by atoms with E-state index in [2.05, 4.69) is 4.74 Å². The molecule has 0 spiro atoms. The van der Waals surface area contributed by atoms with E-state index in [1.54, 1.807) is 25.3 Å². The smallest absolute Gasteiger partial charge is 0.412 e. The Morgan fingerprint density at radius 2 is 1.85 bits per heavy atom. The number of ether oxygens (including phenoxy) is 2. The molecule has 20 heavy (non-hydrogen) atoms. The lowest BCUT2D eigenvalue weighted by Gasteiger charge is -2.00. The Labute approximate surface area is 118 Å². The average Bonchev–Trinajstić information content (AvgIpc) is 2.80. The standard InChI is InChI=1S/C13H12N2O4S/c1-18-8-4-2-7(3-5-8)10-6-9(14)11(20-10)12(16)19-13(15)17/h2-6H,14H2,1H3,(H2,15,17). The first kappa shape index (κ1) is 13.9. The molecule has 0 aliphatic heterocycles. The van der Waals surface area contributed by atoms with Gasteiger partial charge in [0.15, 0.2) is 0 Å². The van der Waals surface area contributed by atoms with Crippen molar-refractivity contribution in [2.75, 3.05) is 12.8 Å². The minimum atomic E-state index is -1.16. The number of nitrogen functional groups attached to an aromatic ring is 1. The third-order valence-corrected chi connectivity index (χ3v) is 3.69. The Morgan fingerprint density at radius 1 is 1.20 bits per heavy atom. The summed E-state index contributed by atoms with van der Waals surface area (Å²) in [5, 5.41) is 0. The zero-order valence-corrected chi connectivity index (χ0v) is 11.4. The maximum atomic E-state index is 11.6. The van der Waals surface area contributed by atoms with Crippen LogP contribution in [0.4, 0.5) is 10.5 Å². The summed E-state index contributed by atoms with van der Waals surface area (Å²) in [6.45, 7) is 0. The monoisotopic (exact) mass is 292 g/mol. The number of methoxy groups -OCH3 is 1. The highest BCUT2D eigenvalue weighted by atomic mass is 32.1. The number of esters is 1. The van der Waals surface area contributed by atoms with Crippen LogP contribution in [0.1, 0.15) is 9.67 Å². The first-order valence-electron chi connectivity index (χ1n) is 5.56. The van der Waals surface area contributed by atoms with Crippen LogP contribution < -0.4 is 16.2 Å². The van der Waals surface area contributed by atoms with E-state index < -0.39 is 12.1 Å². The second-order valence-electron chi connectivity index (χ2n) is 3.83. The van der Waals surface area contributed by atoms with Gasteiger partial charge >= 0.3 is 12.1 Å². The minimum absolute atomic E-state index is 0.148. The highest BCUT2D eigenvalue weighted by Gasteiger charge is 2.18. The van der Waals surface area contributed by atoms with Gasteiger partial charge < -0.3 is 20.9 Å². The van der Waals surface area contributed by atoms with Gasteiger partial charge in [-0.25, -0.2) is 9.59 Å². The molecule has 1 aromatic heterocycles. The van der Waals surface area contributed by atoms with Crippen LogP contribution in [0.25, 0.3) is 10.4 Å². The molecule has 1 amide bonds. The SMILES string of the molecule is COc1ccc(-c2cc(N)c(C(=O)OC(N)=O)s2)cc1. The van der Waals surface area contributed by atoms with Gasteiger partial charge in [0.2, 0.25) is 0 Å². The molecule has 0 aliphatic carbocycles. The summed E-state index contributed by atoms with van der Waals surface area (Å²) in [5.74, 6) is -0.119. The Balaban J connectivity index is 2.30. The molecule has 7 heteroatoms. The van der Waals surface area contributed by atoms with Gasteiger partial charge in [-0.15, -0.1) is 11.3 Å². The van der Waals surface area contributed by atoms with E-state index in [0.717, 1.165) is 27.5 Å². The fourth-order valence-electron chi connectivity index (χ4n) is 1.60. The molecule has 1 aromatic carbocycles. The molecule has 6 nitrogen and oxygen atoms in total. The van der Waals surface area contributed by atoms with Crippen LogP contribution in [0.3, 0.4) is 0 Å². The van der Waals surface area contributed by atoms with Crippen molar-refractivity contribution >= 4 is 29.1 Å². The van der Waals surface area contributed by atoms with Gasteiger partial charge in [-0.1, -0.05) is 0 Å². The third-order valence-electron chi connectivity index (χ3n) is 2.51. The fraction of sp³-hybridized carbons (Fsp3) is 0.0769. The quantitative estimate of drug-likeness (QED) is 0.666. The molecule has 0 radical (unpaired) electrons. The Kier molecular flexibility index (Phi) is 3.90. The molecular weight excluding hydrogens is 280 g/mol. The predicted octanol–water partition coefficient (Wildman–Crippen LogP) is 2.24. The van der Waals surface area contributed by atoms with Crippen molar-refractivity contribution in [2.45, 2.75) is 0 Å². The first-order chi connectivity index (χ1) is 9.51. The number of hydrogen-bond acceptors (Lipinski definition) is 6. The lowest BCUT2D eigenvalue weighted by molar-refractivity contribution is 0.0644. The molecule has 4 N–H and O–H groups in total. The number of rotatable bonds is 3. The molecule has 0 bridgehead atoms. The van der Waals surface area contributed by atoms with E-state index in [9.17, 15) is 9.59 Å². The number of carbonyl (C=O) groups excluding carboxylic acids is 2. The molecule has 0 saturated carbocycles. The predicted molar refractivity (Wildman–Crippen MR) is 75.7 cm³/mol. The highest BCUT2D eigenvalue weighted by molar-refractivity contribution is 7.18. The van der Waals surface area contributed by atoms with Crippen molar-refractivity contribution in [2.24, 2.45) is 5.73 Å². The number of primary amides is 1. The van der Waals surface area contributed by atoms with E-state index >= 15 is 0 Å². The van der Waals surface area contributed by atoms with Crippen molar-refractivity contribution in [1.82, 2.24) is 0 Å². The van der Waals surface area contributed by atoms with Gasteiger partial charge in [0.25, 0.3) is 0 Å². The Bertz CT molecular complexity index is 649. The van der Waals surface area contributed by atoms with Crippen LogP contribution in [-0.4, -0.2) is 19.2 Å². The first-order valence-corrected chi connectivity index (χ1v) is 6.38. The van der Waals surface area contributed by atoms with E-state index in [1.807, 2.05) is 12.1 Å². The summed E-state index contributed by atoms with van der Waals surface area (Å²) >= 11 is 1.13. The number of benzene rings is 1. The zero-order valence-electron chi connectivity index (χ0n) is 10.6. The topological polar surface area (TPSA) is 105 Å². The number of nitrogens with two attached hydrogens (primary N) is 2. The van der Waals surface area contributed by atoms with E-state index in [-0.39, 0.29) is 10.6 Å². The number of hydrogen-bond donors (Lipinski definition) is 2. The molecule has 0 aliphatic rings. The zero-order chi connectivity index (χ0) is 14.7. The summed E-state index contributed by atoms with van der Waals surface area (Å²) in [6.07, 6.45) is -1.16. The number of amides is 1. The van der Waals surface area contributed by atoms with Gasteiger partial charge in [-0.3, -0.25) is 0 Å². The number of carbonyl (C=O) groups is 2. The number of thiophene rings is 1. The van der Waals surface area contributed by atoms with Crippen LogP contribution in [-0.2, 0) is 4.74 Å². The van der Waals surface area contributed by atoms with Crippen LogP contribution >= 0.6 is 11.3 Å². The summed E-state index contributed by atoms with van der Waals surface area (Å²) < 4.78 is 9.38. The van der Waals surface area contributed by atoms with Crippen LogP contribution in [0.5, 0.6) is 5.75 Å². The van der Waals surface area contributed by atoms with Gasteiger partial charge in [-0.2, -0.15) is 0 Å². The molecule has 0 fully saturated rings. The maximum Gasteiger partial charge on any atom is 0.412 e. The normalized spacial score (nSPS) is 10.1. The van der Waals surface area contributed by atoms with Crippen molar-refractivity contribution in [3.05, 3.63) is 35.2 Å². The third kappa shape index (κ3) is 2.89. The maximum absolute atomic E-state index is 11.6. The van der Waals surface area contributed by atoms with Crippen LogP contribution in [0.2, 0.25) is 0 Å². The molecule has 1 heterocycles. The Hall–Kier alpha value is -2.54. The summed E-state index contributed by atoms with van der Waals surface area (Å²) in [6, 6.07) is 8.92. The second kappa shape index (κ2) is 5.62. The van der Waals surface area contributed by atoms with E-state index in [0.29, 0.717) is 0 Å². The van der Waals surface area contributed by atoms with Gasteiger partial charge in [-0.05, 0) is 35.9 Å². The van der Waals surface area contributed by atoms with Crippen molar-refractivity contribution in [1.29, 1.82) is 0 Å². The van der Waals surface area contributed by atoms with Crippen LogP contribution in [0, 0.1) is 0 Å². The summed E-state index contributed by atoms with van der Waals surface area (Å²) in [5.41, 5.74) is 11.7. The van der Waals surface area contributed by atoms with E-state index in [4.69, 9.17) is 16.2 Å². The summed E-state index contributed by atoms with van der Waals surface area (Å²) in [4.78, 5) is 23.1. The summed E-state index contributed by atoms with van der Waals surface area (Å²) in [7, 11) is 1.58. The fourth-order valence-corrected chi connectivity index (χ4v) is 2.56. The molecule has 0 unspecified atom stereocenters. The Morgan fingerprint density at radius 3 is 2.40 bits per heavy atom. The number of anilines is 1. The molecule has 2 aromatic rings. The molecule has 0 saturated heterocycles. The van der Waals surface area contributed by atoms with E-state index in [1.165, 1.54) is 0 Å². The largest absolute Gasteiger partial charge is 0.497 e. The van der Waals surface area contributed by atoms with Gasteiger partial charge in [0, 0.05) is 4.88 Å².